The third-order valence-electron chi connectivity index (χ3n) is 4.65. The number of pyridine rings is 1. The van der Waals surface area contributed by atoms with Crippen LogP contribution in [0, 0.1) is 0 Å². The highest BCUT2D eigenvalue weighted by Crippen LogP contribution is 2.18. The SMILES string of the molecule is COc1ccc(-n2cc(C(C)NC(=O)c3cnc4cnn(C)c4c3)cn2)cc1. The van der Waals surface area contributed by atoms with Gasteiger partial charge in [0.05, 0.1) is 42.3 Å². The molecular weight excluding hydrogens is 356 g/mol. The molecule has 142 valence electrons. The number of hydrogen-bond donors (Lipinski definition) is 1. The van der Waals surface area contributed by atoms with Gasteiger partial charge in [0.15, 0.2) is 0 Å². The molecule has 0 bridgehead atoms. The molecule has 0 fully saturated rings. The van der Waals surface area contributed by atoms with Crippen LogP contribution in [0.15, 0.2) is 55.1 Å². The molecule has 3 aromatic heterocycles. The number of nitrogens with one attached hydrogen (secondary N) is 1. The second-order valence-corrected chi connectivity index (χ2v) is 6.51. The van der Waals surface area contributed by atoms with E-state index in [0.29, 0.717) is 5.56 Å². The van der Waals surface area contributed by atoms with Gasteiger partial charge in [-0.05, 0) is 37.3 Å². The lowest BCUT2D eigenvalue weighted by Crippen LogP contribution is -2.26. The van der Waals surface area contributed by atoms with Gasteiger partial charge in [-0.1, -0.05) is 0 Å². The summed E-state index contributed by atoms with van der Waals surface area (Å²) >= 11 is 0. The fourth-order valence-electron chi connectivity index (χ4n) is 2.95. The van der Waals surface area contributed by atoms with Crippen LogP contribution in [-0.4, -0.2) is 37.6 Å². The van der Waals surface area contributed by atoms with E-state index in [2.05, 4.69) is 20.5 Å². The molecule has 0 aliphatic rings. The Bertz CT molecular complexity index is 1130. The van der Waals surface area contributed by atoms with Crippen LogP contribution in [0.4, 0.5) is 0 Å². The third kappa shape index (κ3) is 3.32. The summed E-state index contributed by atoms with van der Waals surface area (Å²) in [7, 11) is 3.45. The van der Waals surface area contributed by atoms with Crippen molar-refractivity contribution >= 4 is 16.9 Å². The molecule has 1 amide bonds. The molecule has 1 unspecified atom stereocenters. The van der Waals surface area contributed by atoms with Crippen molar-refractivity contribution in [1.82, 2.24) is 29.9 Å². The second kappa shape index (κ2) is 7.15. The van der Waals surface area contributed by atoms with Gasteiger partial charge in [0.25, 0.3) is 5.91 Å². The molecule has 1 atom stereocenters. The van der Waals surface area contributed by atoms with E-state index in [1.54, 1.807) is 41.1 Å². The molecule has 8 heteroatoms. The fraction of sp³-hybridized carbons (Fsp3) is 0.200. The Morgan fingerprint density at radius 2 is 1.93 bits per heavy atom. The molecule has 0 aliphatic carbocycles. The predicted octanol–water partition coefficient (Wildman–Crippen LogP) is 2.65. The van der Waals surface area contributed by atoms with Crippen molar-refractivity contribution < 1.29 is 9.53 Å². The number of ether oxygens (including phenoxy) is 1. The molecule has 4 rings (SSSR count). The Balaban J connectivity index is 1.49. The topological polar surface area (TPSA) is 86.9 Å². The van der Waals surface area contributed by atoms with E-state index in [1.165, 1.54) is 0 Å². The quantitative estimate of drug-likeness (QED) is 0.579. The van der Waals surface area contributed by atoms with Crippen LogP contribution in [-0.2, 0) is 7.05 Å². The lowest BCUT2D eigenvalue weighted by molar-refractivity contribution is 0.0939. The summed E-state index contributed by atoms with van der Waals surface area (Å²) in [6.45, 7) is 1.92. The second-order valence-electron chi connectivity index (χ2n) is 6.51. The molecule has 0 spiro atoms. The number of amides is 1. The Hall–Kier alpha value is -3.68. The summed E-state index contributed by atoms with van der Waals surface area (Å²) in [4.78, 5) is 16.9. The van der Waals surface area contributed by atoms with Crippen LogP contribution in [0.25, 0.3) is 16.7 Å². The average Bonchev–Trinajstić information content (AvgIpc) is 3.35. The predicted molar refractivity (Wildman–Crippen MR) is 105 cm³/mol. The van der Waals surface area contributed by atoms with Crippen molar-refractivity contribution in [3.63, 3.8) is 0 Å². The molecule has 1 aromatic carbocycles. The smallest absolute Gasteiger partial charge is 0.253 e. The highest BCUT2D eigenvalue weighted by molar-refractivity contribution is 5.96. The average molecular weight is 376 g/mol. The Kier molecular flexibility index (Phi) is 4.52. The number of fused-ring (bicyclic) bond motifs is 1. The molecule has 1 N–H and O–H groups in total. The Morgan fingerprint density at radius 3 is 2.68 bits per heavy atom. The molecule has 4 aromatic rings. The summed E-state index contributed by atoms with van der Waals surface area (Å²) in [5.74, 6) is 0.594. The molecule has 0 aliphatic heterocycles. The number of hydrogen-bond acceptors (Lipinski definition) is 5. The van der Waals surface area contributed by atoms with Crippen LogP contribution in [0.2, 0.25) is 0 Å². The van der Waals surface area contributed by atoms with E-state index < -0.39 is 0 Å². The fourth-order valence-corrected chi connectivity index (χ4v) is 2.95. The molecule has 0 saturated heterocycles. The minimum atomic E-state index is -0.207. The van der Waals surface area contributed by atoms with Crippen LogP contribution >= 0.6 is 0 Å². The maximum absolute atomic E-state index is 12.6. The normalized spacial score (nSPS) is 12.1. The lowest BCUT2D eigenvalue weighted by Gasteiger charge is -2.12. The van der Waals surface area contributed by atoms with Crippen molar-refractivity contribution in [3.05, 3.63) is 66.2 Å². The number of carbonyl (C=O) groups is 1. The summed E-state index contributed by atoms with van der Waals surface area (Å²) < 4.78 is 8.64. The van der Waals surface area contributed by atoms with Gasteiger partial charge in [0.2, 0.25) is 0 Å². The summed E-state index contributed by atoms with van der Waals surface area (Å²) in [5.41, 5.74) is 3.88. The molecular formula is C20H20N6O2. The number of carbonyl (C=O) groups excluding carboxylic acids is 1. The van der Waals surface area contributed by atoms with Gasteiger partial charge < -0.3 is 10.1 Å². The number of nitrogens with zero attached hydrogens (tertiary/aromatic N) is 5. The summed E-state index contributed by atoms with van der Waals surface area (Å²) in [6.07, 6.45) is 6.88. The van der Waals surface area contributed by atoms with Crippen molar-refractivity contribution in [1.29, 1.82) is 0 Å². The Labute approximate surface area is 161 Å². The minimum absolute atomic E-state index is 0.194. The van der Waals surface area contributed by atoms with Crippen LogP contribution in [0.5, 0.6) is 5.75 Å². The monoisotopic (exact) mass is 376 g/mol. The van der Waals surface area contributed by atoms with E-state index >= 15 is 0 Å². The first-order valence-corrected chi connectivity index (χ1v) is 8.83. The largest absolute Gasteiger partial charge is 0.497 e. The van der Waals surface area contributed by atoms with E-state index in [-0.39, 0.29) is 11.9 Å². The van der Waals surface area contributed by atoms with Crippen LogP contribution in [0.3, 0.4) is 0 Å². The van der Waals surface area contributed by atoms with Gasteiger partial charge in [0.1, 0.15) is 11.3 Å². The number of rotatable bonds is 5. The van der Waals surface area contributed by atoms with E-state index in [4.69, 9.17) is 4.74 Å². The lowest BCUT2D eigenvalue weighted by atomic mass is 10.1. The van der Waals surface area contributed by atoms with Crippen LogP contribution in [0.1, 0.15) is 28.9 Å². The summed E-state index contributed by atoms with van der Waals surface area (Å²) in [6, 6.07) is 9.19. The highest BCUT2D eigenvalue weighted by Gasteiger charge is 2.15. The van der Waals surface area contributed by atoms with Crippen molar-refractivity contribution in [2.45, 2.75) is 13.0 Å². The molecule has 0 radical (unpaired) electrons. The standard InChI is InChI=1S/C20H20N6O2/c1-13(15-10-23-26(12-15)16-4-6-17(28-3)7-5-16)24-20(27)14-8-19-18(21-9-14)11-22-25(19)2/h4-13H,1-3H3,(H,24,27). The first-order valence-electron chi connectivity index (χ1n) is 8.83. The zero-order valence-corrected chi connectivity index (χ0v) is 15.8. The van der Waals surface area contributed by atoms with Crippen molar-refractivity contribution in [3.8, 4) is 11.4 Å². The zero-order valence-electron chi connectivity index (χ0n) is 15.8. The minimum Gasteiger partial charge on any atom is -0.497 e. The third-order valence-corrected chi connectivity index (χ3v) is 4.65. The van der Waals surface area contributed by atoms with Crippen LogP contribution < -0.4 is 10.1 Å². The van der Waals surface area contributed by atoms with Gasteiger partial charge in [0, 0.05) is 25.0 Å². The first-order chi connectivity index (χ1) is 13.5. The number of aromatic nitrogens is 5. The van der Waals surface area contributed by atoms with E-state index in [9.17, 15) is 4.79 Å². The van der Waals surface area contributed by atoms with Gasteiger partial charge in [-0.2, -0.15) is 10.2 Å². The number of benzene rings is 1. The van der Waals surface area contributed by atoms with Gasteiger partial charge >= 0.3 is 0 Å². The summed E-state index contributed by atoms with van der Waals surface area (Å²) in [5, 5.41) is 11.5. The first kappa shape index (κ1) is 17.7. The van der Waals surface area contributed by atoms with Gasteiger partial charge in [-0.3, -0.25) is 14.5 Å². The number of methoxy groups -OCH3 is 1. The van der Waals surface area contributed by atoms with E-state index in [1.807, 2.05) is 44.4 Å². The maximum Gasteiger partial charge on any atom is 0.253 e. The molecule has 3 heterocycles. The highest BCUT2D eigenvalue weighted by atomic mass is 16.5. The van der Waals surface area contributed by atoms with Crippen molar-refractivity contribution in [2.75, 3.05) is 7.11 Å². The van der Waals surface area contributed by atoms with E-state index in [0.717, 1.165) is 28.0 Å². The maximum atomic E-state index is 12.6. The zero-order chi connectivity index (χ0) is 19.7. The van der Waals surface area contributed by atoms with Gasteiger partial charge in [-0.25, -0.2) is 4.68 Å². The molecule has 28 heavy (non-hydrogen) atoms. The Morgan fingerprint density at radius 1 is 1.14 bits per heavy atom. The molecule has 0 saturated carbocycles. The van der Waals surface area contributed by atoms with Gasteiger partial charge in [-0.15, -0.1) is 0 Å². The van der Waals surface area contributed by atoms with Crippen molar-refractivity contribution in [2.24, 2.45) is 7.05 Å². The molecule has 8 nitrogen and oxygen atoms in total. The number of aryl methyl sites for hydroxylation is 1.